The lowest BCUT2D eigenvalue weighted by molar-refractivity contribution is -0.128. The molecule has 3 heterocycles. The lowest BCUT2D eigenvalue weighted by atomic mass is 9.76. The molecule has 7 nitrogen and oxygen atoms in total. The number of benzene rings is 2. The first-order valence-electron chi connectivity index (χ1n) is 10.3. The third-order valence-corrected chi connectivity index (χ3v) is 6.11. The Kier molecular flexibility index (Phi) is 4.63. The number of fused-ring (bicyclic) bond motifs is 1. The Balaban J connectivity index is 1.38. The minimum Gasteiger partial charge on any atom is -0.462 e. The third-order valence-electron chi connectivity index (χ3n) is 6.11. The van der Waals surface area contributed by atoms with Crippen molar-refractivity contribution in [2.75, 3.05) is 23.4 Å². The van der Waals surface area contributed by atoms with Crippen LogP contribution in [0.15, 0.2) is 66.7 Å². The van der Waals surface area contributed by atoms with E-state index in [9.17, 15) is 14.4 Å². The molecule has 0 saturated carbocycles. The Hall–Kier alpha value is -3.45. The van der Waals surface area contributed by atoms with Crippen LogP contribution in [0.1, 0.15) is 17.3 Å². The molecule has 2 fully saturated rings. The van der Waals surface area contributed by atoms with E-state index in [0.29, 0.717) is 17.8 Å². The standard InChI is InChI=1S/C24H22N2O5/c1-2-30-23(29)15-7-6-8-16(13-15)25-21(27)19-18-11-12-24(31-18)14-26(22(28)20(19)24)17-9-4-3-5-10-17/h3-13,18-20H,2,14H2,1H3,(H,25,27)/t18-,19?,20?,24-/m1/s1. The van der Waals surface area contributed by atoms with Crippen molar-refractivity contribution in [3.8, 4) is 0 Å². The molecule has 5 rings (SSSR count). The molecule has 3 aliphatic rings. The van der Waals surface area contributed by atoms with Crippen molar-refractivity contribution in [3.05, 3.63) is 72.3 Å². The Labute approximate surface area is 179 Å². The molecule has 2 aromatic rings. The summed E-state index contributed by atoms with van der Waals surface area (Å²) in [5.74, 6) is -2.09. The second kappa shape index (κ2) is 7.35. The van der Waals surface area contributed by atoms with E-state index in [1.54, 1.807) is 36.1 Å². The minimum absolute atomic E-state index is 0.113. The zero-order valence-corrected chi connectivity index (χ0v) is 17.0. The van der Waals surface area contributed by atoms with Gasteiger partial charge in [-0.25, -0.2) is 4.79 Å². The van der Waals surface area contributed by atoms with Gasteiger partial charge >= 0.3 is 5.97 Å². The molecule has 0 aromatic heterocycles. The molecule has 3 aliphatic heterocycles. The Bertz CT molecular complexity index is 1080. The fourth-order valence-electron chi connectivity index (χ4n) is 4.79. The Morgan fingerprint density at radius 3 is 2.77 bits per heavy atom. The van der Waals surface area contributed by atoms with Gasteiger partial charge in [0.1, 0.15) is 5.60 Å². The first-order valence-corrected chi connectivity index (χ1v) is 10.3. The number of nitrogens with one attached hydrogen (secondary N) is 1. The van der Waals surface area contributed by atoms with Crippen LogP contribution < -0.4 is 10.2 Å². The summed E-state index contributed by atoms with van der Waals surface area (Å²) in [6.07, 6.45) is 3.35. The van der Waals surface area contributed by atoms with Gasteiger partial charge in [0.15, 0.2) is 0 Å². The molecule has 158 valence electrons. The highest BCUT2D eigenvalue weighted by molar-refractivity contribution is 6.05. The number of nitrogens with zero attached hydrogens (tertiary/aromatic N) is 1. The first kappa shape index (κ1) is 19.5. The quantitative estimate of drug-likeness (QED) is 0.596. The summed E-state index contributed by atoms with van der Waals surface area (Å²) in [5.41, 5.74) is 0.832. The fourth-order valence-corrected chi connectivity index (χ4v) is 4.79. The molecule has 2 saturated heterocycles. The maximum atomic E-state index is 13.3. The van der Waals surface area contributed by atoms with E-state index in [2.05, 4.69) is 5.32 Å². The smallest absolute Gasteiger partial charge is 0.338 e. The zero-order chi connectivity index (χ0) is 21.6. The van der Waals surface area contributed by atoms with Crippen LogP contribution in [0.25, 0.3) is 0 Å². The van der Waals surface area contributed by atoms with E-state index in [0.717, 1.165) is 5.69 Å². The van der Waals surface area contributed by atoms with E-state index >= 15 is 0 Å². The number of hydrogen-bond donors (Lipinski definition) is 1. The number of anilines is 2. The molecule has 1 spiro atoms. The number of carbonyl (C=O) groups excluding carboxylic acids is 3. The van der Waals surface area contributed by atoms with Crippen molar-refractivity contribution in [1.29, 1.82) is 0 Å². The number of carbonyl (C=O) groups is 3. The van der Waals surface area contributed by atoms with Crippen molar-refractivity contribution >= 4 is 29.2 Å². The van der Waals surface area contributed by atoms with Gasteiger partial charge in [-0.1, -0.05) is 36.4 Å². The van der Waals surface area contributed by atoms with Crippen LogP contribution in [0.4, 0.5) is 11.4 Å². The minimum atomic E-state index is -0.785. The van der Waals surface area contributed by atoms with Gasteiger partial charge in [0.2, 0.25) is 11.8 Å². The highest BCUT2D eigenvalue weighted by Gasteiger charge is 2.67. The summed E-state index contributed by atoms with van der Waals surface area (Å²) >= 11 is 0. The zero-order valence-electron chi connectivity index (χ0n) is 17.0. The van der Waals surface area contributed by atoms with Crippen LogP contribution >= 0.6 is 0 Å². The van der Waals surface area contributed by atoms with E-state index in [1.807, 2.05) is 42.5 Å². The average molecular weight is 418 g/mol. The predicted molar refractivity (Wildman–Crippen MR) is 114 cm³/mol. The molecule has 31 heavy (non-hydrogen) atoms. The lowest BCUT2D eigenvalue weighted by Crippen LogP contribution is -2.41. The van der Waals surface area contributed by atoms with Gasteiger partial charge in [0.05, 0.1) is 36.7 Å². The molecular weight excluding hydrogens is 396 g/mol. The summed E-state index contributed by atoms with van der Waals surface area (Å²) in [6.45, 7) is 2.39. The van der Waals surface area contributed by atoms with Crippen molar-refractivity contribution in [2.45, 2.75) is 18.6 Å². The molecule has 1 N–H and O–H groups in total. The van der Waals surface area contributed by atoms with Gasteiger partial charge in [-0.2, -0.15) is 0 Å². The van der Waals surface area contributed by atoms with E-state index in [1.165, 1.54) is 0 Å². The molecule has 2 aromatic carbocycles. The normalized spacial score (nSPS) is 28.0. The highest BCUT2D eigenvalue weighted by Crippen LogP contribution is 2.52. The molecule has 7 heteroatoms. The SMILES string of the molecule is CCOC(=O)c1cccc(NC(=O)C2C3C(=O)N(c4ccccc4)C[C@]34C=C[C@H]2O4)c1. The van der Waals surface area contributed by atoms with Gasteiger partial charge < -0.3 is 19.7 Å². The summed E-state index contributed by atoms with van der Waals surface area (Å²) in [6, 6.07) is 16.0. The summed E-state index contributed by atoms with van der Waals surface area (Å²) < 4.78 is 11.2. The number of hydrogen-bond acceptors (Lipinski definition) is 5. The fraction of sp³-hybridized carbons (Fsp3) is 0.292. The molecule has 2 unspecified atom stereocenters. The molecule has 0 radical (unpaired) electrons. The van der Waals surface area contributed by atoms with Crippen LogP contribution in [0, 0.1) is 11.8 Å². The lowest BCUT2D eigenvalue weighted by Gasteiger charge is -2.23. The number of para-hydroxylation sites is 1. The van der Waals surface area contributed by atoms with Gasteiger partial charge in [0.25, 0.3) is 0 Å². The number of rotatable bonds is 5. The second-order valence-electron chi connectivity index (χ2n) is 7.95. The largest absolute Gasteiger partial charge is 0.462 e. The summed E-state index contributed by atoms with van der Waals surface area (Å²) in [7, 11) is 0. The van der Waals surface area contributed by atoms with Gasteiger partial charge in [0, 0.05) is 11.4 Å². The summed E-state index contributed by atoms with van der Waals surface area (Å²) in [4.78, 5) is 40.2. The maximum Gasteiger partial charge on any atom is 0.338 e. The Morgan fingerprint density at radius 1 is 1.19 bits per heavy atom. The molecule has 2 amide bonds. The van der Waals surface area contributed by atoms with E-state index in [-0.39, 0.29) is 18.4 Å². The Morgan fingerprint density at radius 2 is 2.00 bits per heavy atom. The molecule has 0 aliphatic carbocycles. The van der Waals surface area contributed by atoms with Crippen LogP contribution in [0.2, 0.25) is 0 Å². The van der Waals surface area contributed by atoms with Crippen molar-refractivity contribution < 1.29 is 23.9 Å². The molecule has 4 atom stereocenters. The number of esters is 1. The topological polar surface area (TPSA) is 84.9 Å². The van der Waals surface area contributed by atoms with Crippen molar-refractivity contribution in [3.63, 3.8) is 0 Å². The van der Waals surface area contributed by atoms with E-state index in [4.69, 9.17) is 9.47 Å². The van der Waals surface area contributed by atoms with Gasteiger partial charge in [-0.15, -0.1) is 0 Å². The monoisotopic (exact) mass is 418 g/mol. The molecule has 2 bridgehead atoms. The molecular formula is C24H22N2O5. The van der Waals surface area contributed by atoms with Crippen LogP contribution in [-0.4, -0.2) is 42.6 Å². The average Bonchev–Trinajstić information content (AvgIpc) is 3.43. The highest BCUT2D eigenvalue weighted by atomic mass is 16.5. The van der Waals surface area contributed by atoms with E-state index < -0.39 is 29.5 Å². The van der Waals surface area contributed by atoms with Crippen molar-refractivity contribution in [2.24, 2.45) is 11.8 Å². The van der Waals surface area contributed by atoms with Crippen LogP contribution in [0.5, 0.6) is 0 Å². The third kappa shape index (κ3) is 3.13. The van der Waals surface area contributed by atoms with Gasteiger partial charge in [-0.05, 0) is 37.3 Å². The number of ether oxygens (including phenoxy) is 2. The van der Waals surface area contributed by atoms with Crippen LogP contribution in [-0.2, 0) is 19.1 Å². The maximum absolute atomic E-state index is 13.3. The summed E-state index contributed by atoms with van der Waals surface area (Å²) in [5, 5.41) is 2.86. The predicted octanol–water partition coefficient (Wildman–Crippen LogP) is 2.79. The van der Waals surface area contributed by atoms with Crippen molar-refractivity contribution in [1.82, 2.24) is 0 Å². The first-order chi connectivity index (χ1) is 15.0. The van der Waals surface area contributed by atoms with Crippen LogP contribution in [0.3, 0.4) is 0 Å². The van der Waals surface area contributed by atoms with Gasteiger partial charge in [-0.3, -0.25) is 9.59 Å². The second-order valence-corrected chi connectivity index (χ2v) is 7.95. The number of amides is 2.